The van der Waals surface area contributed by atoms with Gasteiger partial charge in [-0.1, -0.05) is 44.2 Å². The van der Waals surface area contributed by atoms with Crippen LogP contribution in [0.4, 0.5) is 0 Å². The summed E-state index contributed by atoms with van der Waals surface area (Å²) < 4.78 is 0. The van der Waals surface area contributed by atoms with Gasteiger partial charge in [0.2, 0.25) is 11.8 Å². The molecule has 1 aromatic carbocycles. The lowest BCUT2D eigenvalue weighted by Crippen LogP contribution is -2.52. The fourth-order valence-corrected chi connectivity index (χ4v) is 4.93. The van der Waals surface area contributed by atoms with E-state index in [1.165, 1.54) is 18.4 Å². The largest absolute Gasteiger partial charge is 0.356 e. The molecular formula is C25H39N3O2. The van der Waals surface area contributed by atoms with Crippen LogP contribution in [0.1, 0.15) is 58.4 Å². The minimum atomic E-state index is -0.0748. The van der Waals surface area contributed by atoms with Gasteiger partial charge in [-0.05, 0) is 63.1 Å². The minimum Gasteiger partial charge on any atom is -0.356 e. The Morgan fingerprint density at radius 3 is 2.50 bits per heavy atom. The highest BCUT2D eigenvalue weighted by atomic mass is 16.2. The highest BCUT2D eigenvalue weighted by Crippen LogP contribution is 2.26. The van der Waals surface area contributed by atoms with E-state index in [9.17, 15) is 9.59 Å². The van der Waals surface area contributed by atoms with Crippen molar-refractivity contribution < 1.29 is 9.59 Å². The molecule has 2 aliphatic rings. The van der Waals surface area contributed by atoms with Gasteiger partial charge >= 0.3 is 0 Å². The Morgan fingerprint density at radius 2 is 1.83 bits per heavy atom. The maximum Gasteiger partial charge on any atom is 0.225 e. The second-order valence-electron chi connectivity index (χ2n) is 9.61. The van der Waals surface area contributed by atoms with Crippen LogP contribution in [0.25, 0.3) is 0 Å². The average Bonchev–Trinajstić information content (AvgIpc) is 2.73. The smallest absolute Gasteiger partial charge is 0.225 e. The molecule has 2 heterocycles. The van der Waals surface area contributed by atoms with Crippen molar-refractivity contribution in [2.75, 3.05) is 26.2 Å². The third kappa shape index (κ3) is 6.31. The van der Waals surface area contributed by atoms with Gasteiger partial charge in [0.15, 0.2) is 0 Å². The van der Waals surface area contributed by atoms with E-state index in [4.69, 9.17) is 0 Å². The number of rotatable bonds is 8. The number of nitrogens with zero attached hydrogens (tertiary/aromatic N) is 2. The molecule has 0 radical (unpaired) electrons. The summed E-state index contributed by atoms with van der Waals surface area (Å²) in [5, 5.41) is 3.18. The van der Waals surface area contributed by atoms with Crippen molar-refractivity contribution in [1.82, 2.24) is 15.1 Å². The van der Waals surface area contributed by atoms with Gasteiger partial charge in [-0.15, -0.1) is 0 Å². The second kappa shape index (κ2) is 10.9. The van der Waals surface area contributed by atoms with Gasteiger partial charge in [-0.2, -0.15) is 0 Å². The molecule has 2 fully saturated rings. The zero-order chi connectivity index (χ0) is 21.5. The van der Waals surface area contributed by atoms with Gasteiger partial charge in [0.25, 0.3) is 0 Å². The van der Waals surface area contributed by atoms with Crippen LogP contribution in [0.5, 0.6) is 0 Å². The lowest BCUT2D eigenvalue weighted by molar-refractivity contribution is -0.143. The van der Waals surface area contributed by atoms with Gasteiger partial charge in [-0.25, -0.2) is 0 Å². The molecular weight excluding hydrogens is 374 g/mol. The summed E-state index contributed by atoms with van der Waals surface area (Å²) in [6.07, 6.45) is 4.65. The summed E-state index contributed by atoms with van der Waals surface area (Å²) in [4.78, 5) is 29.5. The van der Waals surface area contributed by atoms with Crippen molar-refractivity contribution in [3.05, 3.63) is 35.9 Å². The zero-order valence-corrected chi connectivity index (χ0v) is 19.0. The van der Waals surface area contributed by atoms with E-state index < -0.39 is 0 Å². The molecule has 0 saturated carbocycles. The number of nitrogens with one attached hydrogen (secondary N) is 1. The number of carbonyl (C=O) groups is 2. The molecule has 5 heteroatoms. The zero-order valence-electron chi connectivity index (χ0n) is 19.0. The first-order chi connectivity index (χ1) is 14.4. The maximum atomic E-state index is 12.8. The number of benzene rings is 1. The number of hydrogen-bond acceptors (Lipinski definition) is 3. The Morgan fingerprint density at radius 1 is 1.13 bits per heavy atom. The molecule has 2 atom stereocenters. The second-order valence-corrected chi connectivity index (χ2v) is 9.61. The fourth-order valence-electron chi connectivity index (χ4n) is 4.93. The van der Waals surface area contributed by atoms with E-state index in [-0.39, 0.29) is 23.8 Å². The molecule has 1 N–H and O–H groups in total. The van der Waals surface area contributed by atoms with Gasteiger partial charge in [0, 0.05) is 32.1 Å². The summed E-state index contributed by atoms with van der Waals surface area (Å²) in [5.74, 6) is 1.37. The minimum absolute atomic E-state index is 0.00475. The van der Waals surface area contributed by atoms with Crippen molar-refractivity contribution in [3.63, 3.8) is 0 Å². The summed E-state index contributed by atoms with van der Waals surface area (Å²) in [6.45, 7) is 11.1. The van der Waals surface area contributed by atoms with Crippen LogP contribution in [0.15, 0.2) is 30.3 Å². The van der Waals surface area contributed by atoms with Gasteiger partial charge < -0.3 is 10.2 Å². The number of carbonyl (C=O) groups excluding carboxylic acids is 2. The standard InChI is InChI=1S/C25H39N3O2/c1-19(2)17-28-20(3)23(9-10-24(28)29)25(30)26-14-11-21-12-15-27(16-13-21)18-22-7-5-4-6-8-22/h4-8,19-21,23H,9-18H2,1-3H3,(H,26,30)/t20-,23-/m1/s1. The van der Waals surface area contributed by atoms with Gasteiger partial charge in [0.1, 0.15) is 0 Å². The topological polar surface area (TPSA) is 52.7 Å². The molecule has 0 unspecified atom stereocenters. The lowest BCUT2D eigenvalue weighted by atomic mass is 9.88. The molecule has 2 amide bonds. The number of likely N-dealkylation sites (tertiary alicyclic amines) is 2. The first-order valence-corrected chi connectivity index (χ1v) is 11.8. The predicted molar refractivity (Wildman–Crippen MR) is 121 cm³/mol. The normalized spacial score (nSPS) is 23.7. The van der Waals surface area contributed by atoms with E-state index in [2.05, 4.69) is 54.4 Å². The summed E-state index contributed by atoms with van der Waals surface area (Å²) >= 11 is 0. The van der Waals surface area contributed by atoms with E-state index in [0.717, 1.165) is 39.1 Å². The van der Waals surface area contributed by atoms with E-state index in [1.54, 1.807) is 0 Å². The lowest BCUT2D eigenvalue weighted by Gasteiger charge is -2.39. The number of hydrogen-bond donors (Lipinski definition) is 1. The molecule has 2 saturated heterocycles. The van der Waals surface area contributed by atoms with Crippen molar-refractivity contribution >= 4 is 11.8 Å². The average molecular weight is 414 g/mol. The number of piperidine rings is 2. The monoisotopic (exact) mass is 413 g/mol. The quantitative estimate of drug-likeness (QED) is 0.707. The summed E-state index contributed by atoms with van der Waals surface area (Å²) in [7, 11) is 0. The van der Waals surface area contributed by atoms with E-state index in [0.29, 0.717) is 24.7 Å². The molecule has 166 valence electrons. The van der Waals surface area contributed by atoms with Crippen LogP contribution in [0, 0.1) is 17.8 Å². The van der Waals surface area contributed by atoms with Crippen LogP contribution in [-0.4, -0.2) is 53.8 Å². The van der Waals surface area contributed by atoms with Gasteiger partial charge in [0.05, 0.1) is 5.92 Å². The Bertz CT molecular complexity index is 683. The Labute approximate surface area is 182 Å². The van der Waals surface area contributed by atoms with E-state index >= 15 is 0 Å². The SMILES string of the molecule is CC(C)CN1C(=O)CC[C@@H](C(=O)NCCC2CCN(Cc3ccccc3)CC2)[C@H]1C. The Hall–Kier alpha value is -1.88. The third-order valence-electron chi connectivity index (χ3n) is 6.77. The molecule has 0 spiro atoms. The molecule has 1 aromatic rings. The van der Waals surface area contributed by atoms with Crippen LogP contribution in [-0.2, 0) is 16.1 Å². The van der Waals surface area contributed by atoms with E-state index in [1.807, 2.05) is 11.8 Å². The first kappa shape index (κ1) is 22.8. The summed E-state index contributed by atoms with van der Waals surface area (Å²) in [5.41, 5.74) is 1.38. The number of amides is 2. The van der Waals surface area contributed by atoms with Crippen LogP contribution >= 0.6 is 0 Å². The Kier molecular flexibility index (Phi) is 8.32. The van der Waals surface area contributed by atoms with Crippen LogP contribution < -0.4 is 5.32 Å². The molecule has 5 nitrogen and oxygen atoms in total. The molecule has 0 bridgehead atoms. The molecule has 0 aliphatic carbocycles. The maximum absolute atomic E-state index is 12.8. The van der Waals surface area contributed by atoms with Crippen molar-refractivity contribution in [2.45, 2.75) is 65.5 Å². The summed E-state index contributed by atoms with van der Waals surface area (Å²) in [6, 6.07) is 10.7. The van der Waals surface area contributed by atoms with Crippen molar-refractivity contribution in [1.29, 1.82) is 0 Å². The highest BCUT2D eigenvalue weighted by molar-refractivity contribution is 5.84. The molecule has 2 aliphatic heterocycles. The Balaban J connectivity index is 1.37. The molecule has 0 aromatic heterocycles. The van der Waals surface area contributed by atoms with Crippen LogP contribution in [0.2, 0.25) is 0 Å². The van der Waals surface area contributed by atoms with Gasteiger partial charge in [-0.3, -0.25) is 14.5 Å². The third-order valence-corrected chi connectivity index (χ3v) is 6.77. The molecule has 3 rings (SSSR count). The highest BCUT2D eigenvalue weighted by Gasteiger charge is 2.36. The fraction of sp³-hybridized carbons (Fsp3) is 0.680. The van der Waals surface area contributed by atoms with Crippen molar-refractivity contribution in [3.8, 4) is 0 Å². The predicted octanol–water partition coefficient (Wildman–Crippen LogP) is 3.69. The molecule has 30 heavy (non-hydrogen) atoms. The first-order valence-electron chi connectivity index (χ1n) is 11.8. The van der Waals surface area contributed by atoms with Crippen LogP contribution in [0.3, 0.4) is 0 Å². The van der Waals surface area contributed by atoms with Crippen molar-refractivity contribution in [2.24, 2.45) is 17.8 Å².